The Morgan fingerprint density at radius 2 is 1.82 bits per heavy atom. The first-order valence-electron chi connectivity index (χ1n) is 13.0. The molecule has 0 spiro atoms. The summed E-state index contributed by atoms with van der Waals surface area (Å²) in [5.74, 6) is 0.531. The summed E-state index contributed by atoms with van der Waals surface area (Å²) in [7, 11) is 3.18. The second kappa shape index (κ2) is 11.3. The first-order valence-corrected chi connectivity index (χ1v) is 13.9. The van der Waals surface area contributed by atoms with E-state index >= 15 is 0 Å². The van der Waals surface area contributed by atoms with Crippen molar-refractivity contribution in [3.63, 3.8) is 0 Å². The van der Waals surface area contributed by atoms with Gasteiger partial charge in [0.15, 0.2) is 11.5 Å². The van der Waals surface area contributed by atoms with Crippen LogP contribution in [-0.4, -0.2) is 60.2 Å². The van der Waals surface area contributed by atoms with Crippen LogP contribution in [0.25, 0.3) is 0 Å². The predicted molar refractivity (Wildman–Crippen MR) is 148 cm³/mol. The molecule has 1 fully saturated rings. The van der Waals surface area contributed by atoms with Gasteiger partial charge < -0.3 is 25.0 Å². The minimum Gasteiger partial charge on any atom is -0.493 e. The Kier molecular flexibility index (Phi) is 8.25. The molecule has 0 aliphatic carbocycles. The molecule has 2 heterocycles. The summed E-state index contributed by atoms with van der Waals surface area (Å²) in [4.78, 5) is 42.0. The van der Waals surface area contributed by atoms with Gasteiger partial charge in [0.25, 0.3) is 5.91 Å². The van der Waals surface area contributed by atoms with Crippen molar-refractivity contribution in [1.82, 2.24) is 15.5 Å². The molecule has 2 N–H and O–H groups in total. The van der Waals surface area contributed by atoms with Crippen LogP contribution in [0.15, 0.2) is 42.5 Å². The van der Waals surface area contributed by atoms with Crippen molar-refractivity contribution in [2.75, 3.05) is 20.8 Å². The molecule has 0 bridgehead atoms. The van der Waals surface area contributed by atoms with E-state index in [-0.39, 0.29) is 29.0 Å². The fraction of sp³-hybridized carbons (Fsp3) is 0.483. The molecule has 9 heteroatoms. The average molecular weight is 540 g/mol. The quantitative estimate of drug-likeness (QED) is 0.475. The first kappa shape index (κ1) is 27.8. The fourth-order valence-corrected chi connectivity index (χ4v) is 6.80. The lowest BCUT2D eigenvalue weighted by atomic mass is 9.95. The molecule has 3 amide bonds. The van der Waals surface area contributed by atoms with E-state index in [0.29, 0.717) is 36.4 Å². The molecule has 1 saturated heterocycles. The molecule has 2 aliphatic heterocycles. The smallest absolute Gasteiger partial charge is 0.256 e. The van der Waals surface area contributed by atoms with Gasteiger partial charge in [0.05, 0.1) is 14.2 Å². The third kappa shape index (κ3) is 5.21. The lowest BCUT2D eigenvalue weighted by Crippen LogP contribution is -2.58. The number of benzene rings is 2. The van der Waals surface area contributed by atoms with Crippen molar-refractivity contribution in [2.45, 2.75) is 62.7 Å². The highest BCUT2D eigenvalue weighted by Crippen LogP contribution is 2.56. The summed E-state index contributed by atoms with van der Waals surface area (Å²) in [6, 6.07) is 11.8. The number of fused-ring (bicyclic) bond motifs is 3. The molecule has 38 heavy (non-hydrogen) atoms. The average Bonchev–Trinajstić information content (AvgIpc) is 3.34. The Morgan fingerprint density at radius 3 is 2.50 bits per heavy atom. The van der Waals surface area contributed by atoms with Gasteiger partial charge in [-0.15, -0.1) is 11.8 Å². The number of carbonyl (C=O) groups is 3. The van der Waals surface area contributed by atoms with Crippen molar-refractivity contribution in [1.29, 1.82) is 0 Å². The molecule has 0 aromatic heterocycles. The maximum Gasteiger partial charge on any atom is 0.256 e. The number of carbonyl (C=O) groups excluding carboxylic acids is 3. The van der Waals surface area contributed by atoms with E-state index in [4.69, 9.17) is 9.47 Å². The van der Waals surface area contributed by atoms with Crippen molar-refractivity contribution >= 4 is 29.5 Å². The Morgan fingerprint density at radius 1 is 1.11 bits per heavy atom. The number of rotatable bonds is 10. The van der Waals surface area contributed by atoms with Crippen LogP contribution in [0, 0.1) is 5.92 Å². The summed E-state index contributed by atoms with van der Waals surface area (Å²) in [6.07, 6.45) is 1.31. The molecule has 4 rings (SSSR count). The molecule has 0 unspecified atom stereocenters. The van der Waals surface area contributed by atoms with Gasteiger partial charge in [-0.2, -0.15) is 0 Å². The molecule has 0 saturated carbocycles. The zero-order chi connectivity index (χ0) is 27.6. The number of thioether (sulfide) groups is 1. The number of hydrogen-bond acceptors (Lipinski definition) is 6. The van der Waals surface area contributed by atoms with Crippen molar-refractivity contribution < 1.29 is 23.9 Å². The van der Waals surface area contributed by atoms with Crippen molar-refractivity contribution in [3.8, 4) is 11.5 Å². The van der Waals surface area contributed by atoms with Crippen LogP contribution in [0.1, 0.15) is 61.0 Å². The minimum absolute atomic E-state index is 0.0838. The SMILES string of the molecule is CC[C@H](C)[C@H](NC(=O)[C@@H]1N2C(=O)c3ccccc3[C@H]2SC1(C)C)C(=O)NCCc1ccc(OC)c(OC)c1. The highest BCUT2D eigenvalue weighted by molar-refractivity contribution is 8.01. The zero-order valence-electron chi connectivity index (χ0n) is 22.9. The minimum atomic E-state index is -0.710. The lowest BCUT2D eigenvalue weighted by molar-refractivity contribution is -0.132. The largest absolute Gasteiger partial charge is 0.493 e. The van der Waals surface area contributed by atoms with E-state index < -0.39 is 16.8 Å². The van der Waals surface area contributed by atoms with Gasteiger partial charge in [0.1, 0.15) is 17.5 Å². The second-order valence-electron chi connectivity index (χ2n) is 10.4. The second-order valence-corrected chi connectivity index (χ2v) is 12.1. The van der Waals surface area contributed by atoms with E-state index in [2.05, 4.69) is 10.6 Å². The third-order valence-electron chi connectivity index (χ3n) is 7.50. The van der Waals surface area contributed by atoms with Gasteiger partial charge in [0.2, 0.25) is 11.8 Å². The number of nitrogens with one attached hydrogen (secondary N) is 2. The van der Waals surface area contributed by atoms with E-state index in [0.717, 1.165) is 11.1 Å². The van der Waals surface area contributed by atoms with Gasteiger partial charge in [-0.25, -0.2) is 0 Å². The molecule has 8 nitrogen and oxygen atoms in total. The monoisotopic (exact) mass is 539 g/mol. The normalized spacial score (nSPS) is 20.8. The van der Waals surface area contributed by atoms with Gasteiger partial charge in [-0.1, -0.05) is 44.5 Å². The molecule has 204 valence electrons. The maximum atomic E-state index is 13.7. The zero-order valence-corrected chi connectivity index (χ0v) is 23.7. The summed E-state index contributed by atoms with van der Waals surface area (Å²) in [5, 5.41) is 5.79. The Balaban J connectivity index is 1.45. The van der Waals surface area contributed by atoms with Crippen LogP contribution in [0.4, 0.5) is 0 Å². The predicted octanol–water partition coefficient (Wildman–Crippen LogP) is 3.94. The molecular formula is C29H37N3O5S. The van der Waals surface area contributed by atoms with Crippen LogP contribution >= 0.6 is 11.8 Å². The van der Waals surface area contributed by atoms with Crippen molar-refractivity contribution in [2.24, 2.45) is 5.92 Å². The van der Waals surface area contributed by atoms with Crippen LogP contribution in [0.5, 0.6) is 11.5 Å². The number of amides is 3. The van der Waals surface area contributed by atoms with Crippen LogP contribution in [0.2, 0.25) is 0 Å². The van der Waals surface area contributed by atoms with Crippen LogP contribution in [-0.2, 0) is 16.0 Å². The Bertz CT molecular complexity index is 1220. The Labute approximate surface area is 228 Å². The summed E-state index contributed by atoms with van der Waals surface area (Å²) in [5.41, 5.74) is 2.58. The summed E-state index contributed by atoms with van der Waals surface area (Å²) < 4.78 is 10.1. The van der Waals surface area contributed by atoms with E-state index in [1.54, 1.807) is 30.9 Å². The topological polar surface area (TPSA) is 97.0 Å². The molecule has 2 aromatic carbocycles. The van der Waals surface area contributed by atoms with E-state index in [9.17, 15) is 14.4 Å². The molecule has 2 aromatic rings. The molecular weight excluding hydrogens is 502 g/mol. The lowest BCUT2D eigenvalue weighted by Gasteiger charge is -2.32. The van der Waals surface area contributed by atoms with E-state index in [1.165, 1.54) is 0 Å². The molecule has 2 aliphatic rings. The van der Waals surface area contributed by atoms with Gasteiger partial charge in [-0.05, 0) is 55.5 Å². The van der Waals surface area contributed by atoms with Gasteiger partial charge in [0, 0.05) is 16.9 Å². The van der Waals surface area contributed by atoms with E-state index in [1.807, 2.05) is 70.2 Å². The van der Waals surface area contributed by atoms with Gasteiger partial charge in [-0.3, -0.25) is 14.4 Å². The summed E-state index contributed by atoms with van der Waals surface area (Å²) >= 11 is 1.61. The third-order valence-corrected chi connectivity index (χ3v) is 9.03. The molecule has 0 radical (unpaired) electrons. The number of hydrogen-bond donors (Lipinski definition) is 2. The highest BCUT2D eigenvalue weighted by Gasteiger charge is 2.57. The van der Waals surface area contributed by atoms with Crippen LogP contribution < -0.4 is 20.1 Å². The maximum absolute atomic E-state index is 13.7. The van der Waals surface area contributed by atoms with Crippen molar-refractivity contribution in [3.05, 3.63) is 59.2 Å². The van der Waals surface area contributed by atoms with Gasteiger partial charge >= 0.3 is 0 Å². The Hall–Kier alpha value is -3.20. The van der Waals surface area contributed by atoms with Crippen LogP contribution in [0.3, 0.4) is 0 Å². The number of ether oxygens (including phenoxy) is 2. The number of nitrogens with zero attached hydrogens (tertiary/aromatic N) is 1. The number of methoxy groups -OCH3 is 2. The fourth-order valence-electron chi connectivity index (χ4n) is 5.21. The molecule has 4 atom stereocenters. The summed E-state index contributed by atoms with van der Waals surface area (Å²) in [6.45, 7) is 8.32. The highest BCUT2D eigenvalue weighted by atomic mass is 32.2. The first-order chi connectivity index (χ1) is 18.1. The standard InChI is InChI=1S/C29H37N3O5S/c1-7-17(2)23(25(33)30-15-14-18-12-13-21(36-5)22(16-18)37-6)31-26(34)24-29(3,4)38-28-20-11-9-8-10-19(20)27(35)32(24)28/h8-13,16-17,23-24,28H,7,14-15H2,1-6H3,(H,30,33)(H,31,34)/t17-,23-,24-,28+/m0/s1.